The quantitative estimate of drug-likeness (QED) is 0.922. The van der Waals surface area contributed by atoms with Crippen molar-refractivity contribution in [3.8, 4) is 17.7 Å². The van der Waals surface area contributed by atoms with Gasteiger partial charge in [-0.1, -0.05) is 12.1 Å². The minimum atomic E-state index is 0.288. The maximum absolute atomic E-state index is 8.69. The van der Waals surface area contributed by atoms with Crippen molar-refractivity contribution in [1.29, 1.82) is 5.26 Å². The number of para-hydroxylation sites is 1. The highest BCUT2D eigenvalue weighted by atomic mass is 79.9. The van der Waals surface area contributed by atoms with Crippen molar-refractivity contribution in [2.75, 3.05) is 5.73 Å². The van der Waals surface area contributed by atoms with Gasteiger partial charge in [-0.3, -0.25) is 0 Å². The number of rotatable bonds is 2. The SMILES string of the molecule is N#Cc1cnc(Oc2ccccc2Br)c(N)c1. The van der Waals surface area contributed by atoms with Crippen molar-refractivity contribution >= 4 is 21.6 Å². The number of hydrogen-bond acceptors (Lipinski definition) is 4. The highest BCUT2D eigenvalue weighted by Gasteiger charge is 2.07. The van der Waals surface area contributed by atoms with Crippen molar-refractivity contribution in [1.82, 2.24) is 4.98 Å². The Morgan fingerprint density at radius 1 is 1.35 bits per heavy atom. The van der Waals surface area contributed by atoms with Crippen LogP contribution in [0.3, 0.4) is 0 Å². The van der Waals surface area contributed by atoms with Crippen LogP contribution in [-0.2, 0) is 0 Å². The molecule has 1 heterocycles. The number of nitrogen functional groups attached to an aromatic ring is 1. The van der Waals surface area contributed by atoms with E-state index in [0.717, 1.165) is 4.47 Å². The summed E-state index contributed by atoms with van der Waals surface area (Å²) in [5.74, 6) is 0.910. The highest BCUT2D eigenvalue weighted by Crippen LogP contribution is 2.30. The number of hydrogen-bond donors (Lipinski definition) is 1. The average Bonchev–Trinajstić information content (AvgIpc) is 2.34. The Hall–Kier alpha value is -2.06. The molecule has 5 heteroatoms. The second kappa shape index (κ2) is 4.85. The summed E-state index contributed by atoms with van der Waals surface area (Å²) >= 11 is 3.36. The lowest BCUT2D eigenvalue weighted by atomic mass is 10.3. The van der Waals surface area contributed by atoms with E-state index in [9.17, 15) is 0 Å². The lowest BCUT2D eigenvalue weighted by Gasteiger charge is -2.08. The molecule has 0 amide bonds. The number of pyridine rings is 1. The van der Waals surface area contributed by atoms with Gasteiger partial charge in [0.05, 0.1) is 15.7 Å². The molecule has 0 saturated carbocycles. The van der Waals surface area contributed by atoms with Gasteiger partial charge in [-0.15, -0.1) is 0 Å². The van der Waals surface area contributed by atoms with Gasteiger partial charge in [-0.25, -0.2) is 4.98 Å². The maximum atomic E-state index is 8.69. The minimum absolute atomic E-state index is 0.288. The summed E-state index contributed by atoms with van der Waals surface area (Å²) in [4.78, 5) is 3.99. The molecule has 0 spiro atoms. The summed E-state index contributed by atoms with van der Waals surface area (Å²) in [7, 11) is 0. The number of nitrogens with zero attached hydrogens (tertiary/aromatic N) is 2. The standard InChI is InChI=1S/C12H8BrN3O/c13-9-3-1-2-4-11(9)17-12-10(15)5-8(6-14)7-16-12/h1-5,7H,15H2. The van der Waals surface area contributed by atoms with Crippen molar-refractivity contribution in [3.05, 3.63) is 46.6 Å². The Bertz CT molecular complexity index is 593. The van der Waals surface area contributed by atoms with Crippen molar-refractivity contribution in [3.63, 3.8) is 0 Å². The molecular weight excluding hydrogens is 282 g/mol. The molecule has 0 aliphatic heterocycles. The Labute approximate surface area is 107 Å². The molecule has 0 aliphatic carbocycles. The lowest BCUT2D eigenvalue weighted by Crippen LogP contribution is -1.96. The van der Waals surface area contributed by atoms with E-state index in [1.807, 2.05) is 24.3 Å². The van der Waals surface area contributed by atoms with Gasteiger partial charge in [0.1, 0.15) is 11.8 Å². The van der Waals surface area contributed by atoms with Gasteiger partial charge in [-0.2, -0.15) is 5.26 Å². The van der Waals surface area contributed by atoms with Gasteiger partial charge in [-0.05, 0) is 34.1 Å². The second-order valence-electron chi connectivity index (χ2n) is 3.26. The molecule has 2 N–H and O–H groups in total. The molecule has 17 heavy (non-hydrogen) atoms. The summed E-state index contributed by atoms with van der Waals surface area (Å²) < 4.78 is 6.36. The van der Waals surface area contributed by atoms with Gasteiger partial charge >= 0.3 is 0 Å². The molecule has 1 aromatic heterocycles. The van der Waals surface area contributed by atoms with Crippen LogP contribution in [0.1, 0.15) is 5.56 Å². The fraction of sp³-hybridized carbons (Fsp3) is 0. The van der Waals surface area contributed by atoms with Crippen LogP contribution >= 0.6 is 15.9 Å². The molecular formula is C12H8BrN3O. The van der Waals surface area contributed by atoms with Gasteiger partial charge in [0.25, 0.3) is 0 Å². The van der Waals surface area contributed by atoms with E-state index in [2.05, 4.69) is 20.9 Å². The van der Waals surface area contributed by atoms with E-state index in [0.29, 0.717) is 17.0 Å². The number of benzene rings is 1. The zero-order valence-corrected chi connectivity index (χ0v) is 10.3. The molecule has 0 unspecified atom stereocenters. The van der Waals surface area contributed by atoms with E-state index in [1.54, 1.807) is 6.07 Å². The normalized spacial score (nSPS) is 9.65. The van der Waals surface area contributed by atoms with E-state index in [-0.39, 0.29) is 5.88 Å². The second-order valence-corrected chi connectivity index (χ2v) is 4.12. The van der Waals surface area contributed by atoms with Gasteiger partial charge in [0, 0.05) is 6.20 Å². The molecule has 2 rings (SSSR count). The first-order valence-electron chi connectivity index (χ1n) is 4.78. The Morgan fingerprint density at radius 3 is 2.76 bits per heavy atom. The predicted molar refractivity (Wildman–Crippen MR) is 67.6 cm³/mol. The minimum Gasteiger partial charge on any atom is -0.436 e. The third kappa shape index (κ3) is 2.55. The molecule has 0 aliphatic rings. The van der Waals surface area contributed by atoms with Crippen LogP contribution in [0.4, 0.5) is 5.69 Å². The molecule has 0 radical (unpaired) electrons. The van der Waals surface area contributed by atoms with E-state index in [1.165, 1.54) is 12.3 Å². The van der Waals surface area contributed by atoms with Crippen molar-refractivity contribution in [2.24, 2.45) is 0 Å². The first kappa shape index (κ1) is 11.4. The summed E-state index contributed by atoms with van der Waals surface area (Å²) in [6.45, 7) is 0. The number of nitriles is 1. The van der Waals surface area contributed by atoms with E-state index >= 15 is 0 Å². The number of ether oxygens (including phenoxy) is 1. The molecule has 0 bridgehead atoms. The van der Waals surface area contributed by atoms with Crippen LogP contribution in [0.2, 0.25) is 0 Å². The lowest BCUT2D eigenvalue weighted by molar-refractivity contribution is 0.462. The molecule has 0 atom stereocenters. The van der Waals surface area contributed by atoms with Crippen LogP contribution < -0.4 is 10.5 Å². The van der Waals surface area contributed by atoms with Crippen LogP contribution in [0, 0.1) is 11.3 Å². The Morgan fingerprint density at radius 2 is 2.12 bits per heavy atom. The van der Waals surface area contributed by atoms with Gasteiger partial charge < -0.3 is 10.5 Å². The zero-order valence-electron chi connectivity index (χ0n) is 8.72. The summed E-state index contributed by atoms with van der Waals surface area (Å²) in [6, 6.07) is 10.9. The third-order valence-electron chi connectivity index (χ3n) is 2.05. The Kier molecular flexibility index (Phi) is 3.26. The van der Waals surface area contributed by atoms with Crippen molar-refractivity contribution < 1.29 is 4.74 Å². The average molecular weight is 290 g/mol. The molecule has 84 valence electrons. The van der Waals surface area contributed by atoms with E-state index in [4.69, 9.17) is 15.7 Å². The highest BCUT2D eigenvalue weighted by molar-refractivity contribution is 9.10. The number of nitrogens with two attached hydrogens (primary N) is 1. The fourth-order valence-electron chi connectivity index (χ4n) is 1.25. The van der Waals surface area contributed by atoms with Gasteiger partial charge in [0.2, 0.25) is 5.88 Å². The van der Waals surface area contributed by atoms with Crippen LogP contribution in [0.5, 0.6) is 11.6 Å². The molecule has 0 saturated heterocycles. The third-order valence-corrected chi connectivity index (χ3v) is 2.71. The molecule has 0 fully saturated rings. The van der Waals surface area contributed by atoms with Crippen LogP contribution in [0.25, 0.3) is 0 Å². The number of halogens is 1. The smallest absolute Gasteiger partial charge is 0.242 e. The predicted octanol–water partition coefficient (Wildman–Crippen LogP) is 3.09. The summed E-state index contributed by atoms with van der Waals surface area (Å²) in [6.07, 6.45) is 1.42. The topological polar surface area (TPSA) is 71.9 Å². The first-order valence-corrected chi connectivity index (χ1v) is 5.58. The monoisotopic (exact) mass is 289 g/mol. The largest absolute Gasteiger partial charge is 0.436 e. The zero-order chi connectivity index (χ0) is 12.3. The maximum Gasteiger partial charge on any atom is 0.242 e. The van der Waals surface area contributed by atoms with Crippen LogP contribution in [0.15, 0.2) is 41.0 Å². The van der Waals surface area contributed by atoms with E-state index < -0.39 is 0 Å². The molecule has 4 nitrogen and oxygen atoms in total. The number of aromatic nitrogens is 1. The van der Waals surface area contributed by atoms with Gasteiger partial charge in [0.15, 0.2) is 0 Å². The summed E-state index contributed by atoms with van der Waals surface area (Å²) in [5.41, 5.74) is 6.48. The number of anilines is 1. The molecule has 2 aromatic rings. The fourth-order valence-corrected chi connectivity index (χ4v) is 1.61. The first-order chi connectivity index (χ1) is 8.20. The van der Waals surface area contributed by atoms with Crippen molar-refractivity contribution in [2.45, 2.75) is 0 Å². The molecule has 1 aromatic carbocycles. The van der Waals surface area contributed by atoms with Crippen LogP contribution in [-0.4, -0.2) is 4.98 Å². The Balaban J connectivity index is 2.32. The summed E-state index contributed by atoms with van der Waals surface area (Å²) in [5, 5.41) is 8.69.